The molecule has 0 aromatic carbocycles. The number of piperidine rings is 1. The molecule has 0 spiro atoms. The highest BCUT2D eigenvalue weighted by Gasteiger charge is 2.29. The van der Waals surface area contributed by atoms with Crippen molar-refractivity contribution in [2.45, 2.75) is 32.4 Å². The molecule has 0 aromatic rings. The molecule has 2 N–H and O–H groups in total. The molecule has 0 saturated carbocycles. The second kappa shape index (κ2) is 4.75. The van der Waals surface area contributed by atoms with Gasteiger partial charge >= 0.3 is 5.97 Å². The van der Waals surface area contributed by atoms with Gasteiger partial charge in [0, 0.05) is 25.2 Å². The quantitative estimate of drug-likeness (QED) is 0.692. The zero-order valence-corrected chi connectivity index (χ0v) is 9.16. The van der Waals surface area contributed by atoms with Crippen LogP contribution in [0.5, 0.6) is 0 Å². The van der Waals surface area contributed by atoms with E-state index >= 15 is 0 Å². The molecule has 82 valence electrons. The summed E-state index contributed by atoms with van der Waals surface area (Å²) in [5.74, 6) is -0.908. The van der Waals surface area contributed by atoms with Crippen molar-refractivity contribution in [2.75, 3.05) is 20.1 Å². The first-order valence-corrected chi connectivity index (χ1v) is 5.17. The summed E-state index contributed by atoms with van der Waals surface area (Å²) < 4.78 is 0. The van der Waals surface area contributed by atoms with Gasteiger partial charge in [0.05, 0.1) is 5.92 Å². The van der Waals surface area contributed by atoms with Gasteiger partial charge < -0.3 is 10.4 Å². The molecule has 0 aromatic heterocycles. The summed E-state index contributed by atoms with van der Waals surface area (Å²) in [7, 11) is 2.06. The van der Waals surface area contributed by atoms with E-state index in [1.54, 1.807) is 0 Å². The average Bonchev–Trinajstić information content (AvgIpc) is 2.16. The summed E-state index contributed by atoms with van der Waals surface area (Å²) in [6.07, 6.45) is 0.761. The molecule has 2 atom stereocenters. The molecule has 1 aliphatic rings. The van der Waals surface area contributed by atoms with E-state index in [-0.39, 0.29) is 5.92 Å². The van der Waals surface area contributed by atoms with E-state index in [9.17, 15) is 4.79 Å². The smallest absolute Gasteiger partial charge is 0.307 e. The van der Waals surface area contributed by atoms with E-state index in [2.05, 4.69) is 31.1 Å². The van der Waals surface area contributed by atoms with Gasteiger partial charge in [0.25, 0.3) is 0 Å². The van der Waals surface area contributed by atoms with Gasteiger partial charge in [0.15, 0.2) is 0 Å². The second-order valence-corrected chi connectivity index (χ2v) is 4.34. The lowest BCUT2D eigenvalue weighted by molar-refractivity contribution is -0.143. The topological polar surface area (TPSA) is 52.6 Å². The van der Waals surface area contributed by atoms with Gasteiger partial charge in [-0.2, -0.15) is 0 Å². The highest BCUT2D eigenvalue weighted by Crippen LogP contribution is 2.16. The molecule has 1 saturated heterocycles. The summed E-state index contributed by atoms with van der Waals surface area (Å²) in [6.45, 7) is 5.77. The van der Waals surface area contributed by atoms with Crippen LogP contribution >= 0.6 is 0 Å². The van der Waals surface area contributed by atoms with Gasteiger partial charge in [0.2, 0.25) is 0 Å². The minimum Gasteiger partial charge on any atom is -0.481 e. The van der Waals surface area contributed by atoms with E-state index in [1.807, 2.05) is 0 Å². The standard InChI is InChI=1S/C10H20N2O2/c1-7(2)12(3)9-4-8(10(13)14)5-11-6-9/h7-9,11H,4-6H2,1-3H3,(H,13,14)/t8-,9+/m1/s1. The summed E-state index contributed by atoms with van der Waals surface area (Å²) in [5.41, 5.74) is 0. The predicted octanol–water partition coefficient (Wildman–Crippen LogP) is 0.389. The lowest BCUT2D eigenvalue weighted by Gasteiger charge is -2.36. The zero-order valence-electron chi connectivity index (χ0n) is 9.16. The third-order valence-corrected chi connectivity index (χ3v) is 3.07. The number of carboxylic acids is 1. The first kappa shape index (κ1) is 11.5. The number of hydrogen-bond acceptors (Lipinski definition) is 3. The molecule has 0 unspecified atom stereocenters. The third kappa shape index (κ3) is 2.69. The Kier molecular flexibility index (Phi) is 3.89. The van der Waals surface area contributed by atoms with Crippen LogP contribution in [0.25, 0.3) is 0 Å². The highest BCUT2D eigenvalue weighted by atomic mass is 16.4. The van der Waals surface area contributed by atoms with E-state index in [0.29, 0.717) is 18.6 Å². The van der Waals surface area contributed by atoms with Gasteiger partial charge in [0.1, 0.15) is 0 Å². The van der Waals surface area contributed by atoms with Crippen LogP contribution in [0.1, 0.15) is 20.3 Å². The van der Waals surface area contributed by atoms with Gasteiger partial charge in [-0.15, -0.1) is 0 Å². The maximum absolute atomic E-state index is 10.8. The molecule has 0 aliphatic carbocycles. The Morgan fingerprint density at radius 3 is 2.64 bits per heavy atom. The number of carboxylic acid groups (broad SMARTS) is 1. The Balaban J connectivity index is 2.51. The van der Waals surface area contributed by atoms with Gasteiger partial charge in [-0.05, 0) is 27.3 Å². The van der Waals surface area contributed by atoms with Crippen LogP contribution in [0.3, 0.4) is 0 Å². The number of nitrogens with zero attached hydrogens (tertiary/aromatic N) is 1. The number of nitrogens with one attached hydrogen (secondary N) is 1. The maximum Gasteiger partial charge on any atom is 0.307 e. The minimum absolute atomic E-state index is 0.227. The monoisotopic (exact) mass is 200 g/mol. The third-order valence-electron chi connectivity index (χ3n) is 3.07. The van der Waals surface area contributed by atoms with Crippen molar-refractivity contribution in [1.82, 2.24) is 10.2 Å². The Bertz CT molecular complexity index is 206. The lowest BCUT2D eigenvalue weighted by atomic mass is 9.94. The molecule has 4 nitrogen and oxygen atoms in total. The van der Waals surface area contributed by atoms with Crippen molar-refractivity contribution in [3.05, 3.63) is 0 Å². The fourth-order valence-electron chi connectivity index (χ4n) is 1.84. The van der Waals surface area contributed by atoms with Gasteiger partial charge in [-0.3, -0.25) is 9.69 Å². The number of hydrogen-bond donors (Lipinski definition) is 2. The average molecular weight is 200 g/mol. The number of rotatable bonds is 3. The van der Waals surface area contributed by atoms with Crippen LogP contribution in [-0.2, 0) is 4.79 Å². The maximum atomic E-state index is 10.8. The lowest BCUT2D eigenvalue weighted by Crippen LogP contribution is -2.51. The van der Waals surface area contributed by atoms with Crippen LogP contribution < -0.4 is 5.32 Å². The fourth-order valence-corrected chi connectivity index (χ4v) is 1.84. The molecular formula is C10H20N2O2. The first-order valence-electron chi connectivity index (χ1n) is 5.17. The van der Waals surface area contributed by atoms with E-state index < -0.39 is 5.97 Å². The molecule has 1 rings (SSSR count). The van der Waals surface area contributed by atoms with Crippen LogP contribution in [0, 0.1) is 5.92 Å². The van der Waals surface area contributed by atoms with E-state index in [0.717, 1.165) is 13.0 Å². The fraction of sp³-hybridized carbons (Fsp3) is 0.900. The van der Waals surface area contributed by atoms with Crippen LogP contribution in [-0.4, -0.2) is 48.2 Å². The first-order chi connectivity index (χ1) is 6.52. The SMILES string of the molecule is CC(C)N(C)[C@@H]1CNC[C@H](C(=O)O)C1. The van der Waals surface area contributed by atoms with Crippen LogP contribution in [0.4, 0.5) is 0 Å². The van der Waals surface area contributed by atoms with Crippen molar-refractivity contribution in [3.63, 3.8) is 0 Å². The molecule has 4 heteroatoms. The van der Waals surface area contributed by atoms with Crippen molar-refractivity contribution in [3.8, 4) is 0 Å². The Morgan fingerprint density at radius 2 is 2.14 bits per heavy atom. The zero-order chi connectivity index (χ0) is 10.7. The number of carbonyl (C=O) groups is 1. The molecule has 14 heavy (non-hydrogen) atoms. The summed E-state index contributed by atoms with van der Waals surface area (Å²) in [6, 6.07) is 0.819. The molecule has 0 bridgehead atoms. The summed E-state index contributed by atoms with van der Waals surface area (Å²) >= 11 is 0. The Morgan fingerprint density at radius 1 is 1.50 bits per heavy atom. The molecular weight excluding hydrogens is 180 g/mol. The van der Waals surface area contributed by atoms with Crippen molar-refractivity contribution in [2.24, 2.45) is 5.92 Å². The van der Waals surface area contributed by atoms with Crippen LogP contribution in [0.2, 0.25) is 0 Å². The number of aliphatic carboxylic acids is 1. The van der Waals surface area contributed by atoms with Gasteiger partial charge in [-0.25, -0.2) is 0 Å². The highest BCUT2D eigenvalue weighted by molar-refractivity contribution is 5.70. The number of likely N-dealkylation sites (N-methyl/N-ethyl adjacent to an activating group) is 1. The summed E-state index contributed by atoms with van der Waals surface area (Å²) in [5, 5.41) is 12.1. The van der Waals surface area contributed by atoms with Crippen molar-refractivity contribution < 1.29 is 9.90 Å². The minimum atomic E-state index is -0.681. The normalized spacial score (nSPS) is 28.4. The van der Waals surface area contributed by atoms with E-state index in [4.69, 9.17) is 5.11 Å². The molecule has 0 amide bonds. The molecule has 1 heterocycles. The Labute approximate surface area is 85.3 Å². The van der Waals surface area contributed by atoms with E-state index in [1.165, 1.54) is 0 Å². The molecule has 1 aliphatic heterocycles. The molecule has 1 fully saturated rings. The van der Waals surface area contributed by atoms with Gasteiger partial charge in [-0.1, -0.05) is 0 Å². The van der Waals surface area contributed by atoms with Crippen LogP contribution in [0.15, 0.2) is 0 Å². The molecule has 0 radical (unpaired) electrons. The Hall–Kier alpha value is -0.610. The summed E-state index contributed by atoms with van der Waals surface area (Å²) in [4.78, 5) is 13.1. The second-order valence-electron chi connectivity index (χ2n) is 4.34. The van der Waals surface area contributed by atoms with Crippen molar-refractivity contribution >= 4 is 5.97 Å². The predicted molar refractivity (Wildman–Crippen MR) is 55.3 cm³/mol. The largest absolute Gasteiger partial charge is 0.481 e. The van der Waals surface area contributed by atoms with Crippen molar-refractivity contribution in [1.29, 1.82) is 0 Å².